The molecule has 1 N–H and O–H groups in total. The first-order valence-corrected chi connectivity index (χ1v) is 7.64. The molecule has 20 heavy (non-hydrogen) atoms. The summed E-state index contributed by atoms with van der Waals surface area (Å²) >= 11 is 0. The molecule has 3 nitrogen and oxygen atoms in total. The Morgan fingerprint density at radius 2 is 1.95 bits per heavy atom. The molecule has 0 heterocycles. The normalized spacial score (nSPS) is 14.3. The summed E-state index contributed by atoms with van der Waals surface area (Å²) in [6.07, 6.45) is -1.96. The first-order chi connectivity index (χ1) is 9.34. The van der Waals surface area contributed by atoms with Crippen molar-refractivity contribution in [1.82, 2.24) is 0 Å². The molecule has 1 rings (SSSR count). The maximum absolute atomic E-state index is 13.1. The van der Waals surface area contributed by atoms with Gasteiger partial charge in [0.15, 0.2) is 0 Å². The van der Waals surface area contributed by atoms with Gasteiger partial charge in [0.05, 0.1) is 21.3 Å². The Labute approximate surface area is 119 Å². The van der Waals surface area contributed by atoms with Crippen molar-refractivity contribution in [3.05, 3.63) is 28.8 Å². The maximum atomic E-state index is 13.1. The molecule has 0 aliphatic carbocycles. The van der Waals surface area contributed by atoms with E-state index in [-0.39, 0.29) is 33.3 Å². The van der Waals surface area contributed by atoms with Crippen molar-refractivity contribution in [3.63, 3.8) is 0 Å². The highest BCUT2D eigenvalue weighted by atomic mass is 32.2. The van der Waals surface area contributed by atoms with E-state index in [1.165, 1.54) is 6.07 Å². The molecule has 0 fully saturated rings. The van der Waals surface area contributed by atoms with Crippen LogP contribution in [0.1, 0.15) is 55.1 Å². The summed E-state index contributed by atoms with van der Waals surface area (Å²) in [5, 5.41) is 8.84. The van der Waals surface area contributed by atoms with E-state index in [9.17, 15) is 17.8 Å². The van der Waals surface area contributed by atoms with Crippen molar-refractivity contribution >= 4 is 16.8 Å². The Bertz CT molecular complexity index is 529. The highest BCUT2D eigenvalue weighted by Gasteiger charge is 2.26. The van der Waals surface area contributed by atoms with Crippen molar-refractivity contribution < 1.29 is 22.9 Å². The smallest absolute Gasteiger partial charge is 0.336 e. The van der Waals surface area contributed by atoms with E-state index in [0.29, 0.717) is 6.42 Å². The van der Waals surface area contributed by atoms with Gasteiger partial charge in [-0.25, -0.2) is 13.6 Å². The average Bonchev–Trinajstić information content (AvgIpc) is 2.43. The SMILES string of the molecule is CCc1c(C(=O)O)ccc(C(F)F)c1[S@](=O)[C@H](C)CC. The summed E-state index contributed by atoms with van der Waals surface area (Å²) in [7, 11) is -1.64. The van der Waals surface area contributed by atoms with Gasteiger partial charge in [-0.2, -0.15) is 0 Å². The zero-order valence-electron chi connectivity index (χ0n) is 11.7. The molecular formula is C14H18F2O3S. The van der Waals surface area contributed by atoms with Crippen molar-refractivity contribution in [1.29, 1.82) is 0 Å². The number of carbonyl (C=O) groups is 1. The van der Waals surface area contributed by atoms with Crippen LogP contribution in [0.4, 0.5) is 8.78 Å². The average molecular weight is 304 g/mol. The summed E-state index contributed by atoms with van der Waals surface area (Å²) in [6.45, 7) is 5.20. The number of halogens is 2. The molecule has 0 spiro atoms. The van der Waals surface area contributed by atoms with E-state index >= 15 is 0 Å². The fourth-order valence-electron chi connectivity index (χ4n) is 1.96. The topological polar surface area (TPSA) is 54.4 Å². The molecule has 0 aliphatic heterocycles. The Kier molecular flexibility index (Phi) is 5.80. The standard InChI is InChI=1S/C14H18F2O3S/c1-4-8(3)20(19)12-9(5-2)10(14(17)18)6-7-11(12)13(15)16/h6-8,13H,4-5H2,1-3H3,(H,17,18)/t8-,20-/m1/s1. The van der Waals surface area contributed by atoms with Crippen LogP contribution in [-0.4, -0.2) is 20.5 Å². The lowest BCUT2D eigenvalue weighted by molar-refractivity contribution is 0.0694. The molecule has 6 heteroatoms. The third-order valence-corrected chi connectivity index (χ3v) is 5.20. The molecule has 1 aromatic carbocycles. The summed E-state index contributed by atoms with van der Waals surface area (Å²) in [5.74, 6) is -1.19. The lowest BCUT2D eigenvalue weighted by Crippen LogP contribution is -2.16. The van der Waals surface area contributed by atoms with Crippen LogP contribution in [0.2, 0.25) is 0 Å². The number of rotatable bonds is 6. The quantitative estimate of drug-likeness (QED) is 0.870. The number of hydrogen-bond acceptors (Lipinski definition) is 2. The van der Waals surface area contributed by atoms with E-state index < -0.39 is 23.2 Å². The van der Waals surface area contributed by atoms with Crippen LogP contribution in [0, 0.1) is 0 Å². The summed E-state index contributed by atoms with van der Waals surface area (Å²) in [5.41, 5.74) is -0.136. The van der Waals surface area contributed by atoms with E-state index in [1.807, 2.05) is 6.92 Å². The zero-order valence-corrected chi connectivity index (χ0v) is 12.5. The number of hydrogen-bond donors (Lipinski definition) is 1. The van der Waals surface area contributed by atoms with Crippen LogP contribution in [0.15, 0.2) is 17.0 Å². The van der Waals surface area contributed by atoms with Gasteiger partial charge in [0, 0.05) is 10.8 Å². The van der Waals surface area contributed by atoms with Gasteiger partial charge in [-0.05, 0) is 24.5 Å². The van der Waals surface area contributed by atoms with Crippen LogP contribution in [0.25, 0.3) is 0 Å². The molecule has 112 valence electrons. The van der Waals surface area contributed by atoms with Crippen LogP contribution in [-0.2, 0) is 17.2 Å². The van der Waals surface area contributed by atoms with Gasteiger partial charge < -0.3 is 5.11 Å². The van der Waals surface area contributed by atoms with E-state index in [4.69, 9.17) is 5.11 Å². The van der Waals surface area contributed by atoms with E-state index in [0.717, 1.165) is 6.07 Å². The summed E-state index contributed by atoms with van der Waals surface area (Å²) in [4.78, 5) is 11.2. The molecule has 1 aromatic rings. The molecule has 0 bridgehead atoms. The van der Waals surface area contributed by atoms with Crippen LogP contribution in [0.3, 0.4) is 0 Å². The second kappa shape index (κ2) is 6.92. The van der Waals surface area contributed by atoms with Gasteiger partial charge in [-0.1, -0.05) is 26.8 Å². The van der Waals surface area contributed by atoms with Crippen molar-refractivity contribution in [3.8, 4) is 0 Å². The second-order valence-electron chi connectivity index (χ2n) is 4.49. The molecule has 2 atom stereocenters. The number of carboxylic acids is 1. The second-order valence-corrected chi connectivity index (χ2v) is 6.29. The maximum Gasteiger partial charge on any atom is 0.336 e. The van der Waals surface area contributed by atoms with Crippen LogP contribution >= 0.6 is 0 Å². The van der Waals surface area contributed by atoms with E-state index in [1.54, 1.807) is 13.8 Å². The van der Waals surface area contributed by atoms with Crippen molar-refractivity contribution in [2.24, 2.45) is 0 Å². The van der Waals surface area contributed by atoms with Gasteiger partial charge in [0.2, 0.25) is 0 Å². The lowest BCUT2D eigenvalue weighted by atomic mass is 10.0. The largest absolute Gasteiger partial charge is 0.478 e. The molecule has 0 amide bonds. The number of aromatic carboxylic acids is 1. The van der Waals surface area contributed by atoms with Gasteiger partial charge in [-0.3, -0.25) is 4.21 Å². The fraction of sp³-hybridized carbons (Fsp3) is 0.500. The fourth-order valence-corrected chi connectivity index (χ4v) is 3.55. The zero-order chi connectivity index (χ0) is 15.4. The van der Waals surface area contributed by atoms with Crippen LogP contribution in [0.5, 0.6) is 0 Å². The molecule has 0 radical (unpaired) electrons. The van der Waals surface area contributed by atoms with Gasteiger partial charge in [-0.15, -0.1) is 0 Å². The first kappa shape index (κ1) is 16.8. The van der Waals surface area contributed by atoms with Crippen molar-refractivity contribution in [2.45, 2.75) is 50.2 Å². The Hall–Kier alpha value is -1.30. The molecular weight excluding hydrogens is 286 g/mol. The Morgan fingerprint density at radius 1 is 1.35 bits per heavy atom. The highest BCUT2D eigenvalue weighted by Crippen LogP contribution is 2.32. The predicted octanol–water partition coefficient (Wildman–Crippen LogP) is 3.79. The lowest BCUT2D eigenvalue weighted by Gasteiger charge is -2.18. The number of carboxylic acid groups (broad SMARTS) is 1. The Morgan fingerprint density at radius 3 is 2.35 bits per heavy atom. The van der Waals surface area contributed by atoms with Gasteiger partial charge >= 0.3 is 5.97 Å². The minimum Gasteiger partial charge on any atom is -0.478 e. The summed E-state index contributed by atoms with van der Waals surface area (Å²) < 4.78 is 38.7. The summed E-state index contributed by atoms with van der Waals surface area (Å²) in [6, 6.07) is 2.24. The minimum absolute atomic E-state index is 0.00301. The third kappa shape index (κ3) is 3.23. The number of benzene rings is 1. The molecule has 0 saturated carbocycles. The number of alkyl halides is 2. The van der Waals surface area contributed by atoms with Crippen LogP contribution < -0.4 is 0 Å². The molecule has 0 saturated heterocycles. The van der Waals surface area contributed by atoms with Gasteiger partial charge in [0.25, 0.3) is 6.43 Å². The monoisotopic (exact) mass is 304 g/mol. The Balaban J connectivity index is 3.61. The van der Waals surface area contributed by atoms with Crippen molar-refractivity contribution in [2.75, 3.05) is 0 Å². The predicted molar refractivity (Wildman–Crippen MR) is 73.9 cm³/mol. The minimum atomic E-state index is -2.77. The van der Waals surface area contributed by atoms with E-state index in [2.05, 4.69) is 0 Å². The molecule has 0 aliphatic rings. The van der Waals surface area contributed by atoms with Gasteiger partial charge in [0.1, 0.15) is 0 Å². The molecule has 0 unspecified atom stereocenters. The third-order valence-electron chi connectivity index (χ3n) is 3.25. The molecule has 0 aromatic heterocycles. The highest BCUT2D eigenvalue weighted by molar-refractivity contribution is 7.85. The first-order valence-electron chi connectivity index (χ1n) is 6.42.